The van der Waals surface area contributed by atoms with Gasteiger partial charge in [-0.05, 0) is 44.4 Å². The van der Waals surface area contributed by atoms with Crippen LogP contribution in [0, 0.1) is 6.92 Å². The third kappa shape index (κ3) is 5.47. The van der Waals surface area contributed by atoms with Crippen molar-refractivity contribution in [2.45, 2.75) is 60.1 Å². The lowest BCUT2D eigenvalue weighted by Crippen LogP contribution is -2.35. The third-order valence-corrected chi connectivity index (χ3v) is 5.66. The second-order valence-corrected chi connectivity index (χ2v) is 8.61. The van der Waals surface area contributed by atoms with E-state index in [4.69, 9.17) is 4.74 Å². The molecule has 0 radical (unpaired) electrons. The maximum Gasteiger partial charge on any atom is 0.254 e. The monoisotopic (exact) mass is 463 g/mol. The average molecular weight is 464 g/mol. The summed E-state index contributed by atoms with van der Waals surface area (Å²) in [5, 5.41) is 18.1. The molecule has 2 heterocycles. The maximum absolute atomic E-state index is 13.2. The first-order valence-electron chi connectivity index (χ1n) is 11.7. The van der Waals surface area contributed by atoms with Gasteiger partial charge in [-0.15, -0.1) is 0 Å². The lowest BCUT2D eigenvalue weighted by Gasteiger charge is -2.19. The van der Waals surface area contributed by atoms with E-state index in [1.807, 2.05) is 58.9 Å². The van der Waals surface area contributed by atoms with Gasteiger partial charge in [-0.2, -0.15) is 5.10 Å². The number of hydrogen-bond acceptors (Lipinski definition) is 4. The molecular formula is C27H35N4O3+. The number of carbonyl (C=O) groups is 1. The van der Waals surface area contributed by atoms with Crippen LogP contribution in [0.2, 0.25) is 0 Å². The standard InChI is InChI=1S/C25H28N4O3.C2H6/c1-15(2)10-16(3)21-9-6-18(11-23(21)32-20-7-8-20)25(30)28(5)13-19-14-29(31)17(4)22-12-26-27-24(19)22;1-2/h6,9-12,14,20,31H,1,7-8,13H2,2-5H3;1-2H3/p+1/b16-10+;. The first kappa shape index (κ1) is 25.0. The van der Waals surface area contributed by atoms with Crippen LogP contribution in [0.1, 0.15) is 67.7 Å². The molecule has 0 saturated heterocycles. The number of nitrogens with zero attached hydrogens (tertiary/aromatic N) is 3. The summed E-state index contributed by atoms with van der Waals surface area (Å²) in [5.74, 6) is 0.595. The van der Waals surface area contributed by atoms with Gasteiger partial charge in [0.15, 0.2) is 0 Å². The van der Waals surface area contributed by atoms with E-state index in [9.17, 15) is 10.0 Å². The van der Waals surface area contributed by atoms with Crippen LogP contribution in [0.4, 0.5) is 0 Å². The lowest BCUT2D eigenvalue weighted by atomic mass is 10.0. The Morgan fingerprint density at radius 3 is 2.71 bits per heavy atom. The highest BCUT2D eigenvalue weighted by atomic mass is 16.5. The van der Waals surface area contributed by atoms with Crippen LogP contribution in [0.3, 0.4) is 0 Å². The van der Waals surface area contributed by atoms with E-state index in [0.717, 1.165) is 56.5 Å². The van der Waals surface area contributed by atoms with Gasteiger partial charge >= 0.3 is 0 Å². The molecule has 34 heavy (non-hydrogen) atoms. The number of aromatic nitrogens is 3. The fourth-order valence-corrected chi connectivity index (χ4v) is 3.80. The van der Waals surface area contributed by atoms with Gasteiger partial charge in [-0.25, -0.2) is 0 Å². The zero-order valence-corrected chi connectivity index (χ0v) is 21.0. The molecule has 0 bridgehead atoms. The summed E-state index contributed by atoms with van der Waals surface area (Å²) in [6, 6.07) is 5.60. The van der Waals surface area contributed by atoms with Crippen molar-refractivity contribution in [1.29, 1.82) is 0 Å². The molecule has 1 saturated carbocycles. The summed E-state index contributed by atoms with van der Waals surface area (Å²) in [5.41, 5.74) is 5.80. The summed E-state index contributed by atoms with van der Waals surface area (Å²) in [6.07, 6.45) is 7.58. The van der Waals surface area contributed by atoms with Crippen molar-refractivity contribution >= 4 is 22.4 Å². The number of rotatable bonds is 7. The zero-order valence-electron chi connectivity index (χ0n) is 21.0. The number of aryl methyl sites for hydroxylation is 1. The second kappa shape index (κ2) is 10.5. The van der Waals surface area contributed by atoms with Gasteiger partial charge in [-0.3, -0.25) is 15.1 Å². The topological polar surface area (TPSA) is 82.3 Å². The minimum Gasteiger partial charge on any atom is -0.490 e. The van der Waals surface area contributed by atoms with Crippen LogP contribution in [0.5, 0.6) is 5.75 Å². The Morgan fingerprint density at radius 2 is 2.06 bits per heavy atom. The molecule has 4 rings (SSSR count). The predicted molar refractivity (Wildman–Crippen MR) is 134 cm³/mol. The fourth-order valence-electron chi connectivity index (χ4n) is 3.80. The first-order chi connectivity index (χ1) is 16.2. The number of aromatic amines is 1. The highest BCUT2D eigenvalue weighted by molar-refractivity contribution is 5.95. The number of benzene rings is 1. The Balaban J connectivity index is 0.00000158. The van der Waals surface area contributed by atoms with Crippen LogP contribution >= 0.6 is 0 Å². The molecule has 7 heteroatoms. The molecule has 2 N–H and O–H groups in total. The van der Waals surface area contributed by atoms with Crippen LogP contribution in [0.25, 0.3) is 16.5 Å². The minimum absolute atomic E-state index is 0.128. The maximum atomic E-state index is 13.2. The molecule has 0 aliphatic heterocycles. The summed E-state index contributed by atoms with van der Waals surface area (Å²) in [4.78, 5) is 14.9. The van der Waals surface area contributed by atoms with Crippen LogP contribution in [-0.4, -0.2) is 39.4 Å². The van der Waals surface area contributed by atoms with Gasteiger partial charge in [-0.1, -0.05) is 38.1 Å². The van der Waals surface area contributed by atoms with E-state index in [-0.39, 0.29) is 12.0 Å². The SMILES string of the molecule is C=C(C)/C=C(\C)c1ccc(C(=O)N(C)Cc2c[n+](O)c(C)c3cn[nH]c23)cc1OC1CC1.CC. The third-order valence-electron chi connectivity index (χ3n) is 5.66. The number of amides is 1. The minimum atomic E-state index is -0.128. The molecule has 3 aromatic rings. The van der Waals surface area contributed by atoms with Crippen LogP contribution in [-0.2, 0) is 6.54 Å². The molecule has 180 valence electrons. The van der Waals surface area contributed by atoms with E-state index in [0.29, 0.717) is 17.8 Å². The zero-order chi connectivity index (χ0) is 25.0. The Labute approximate surface area is 201 Å². The van der Waals surface area contributed by atoms with E-state index < -0.39 is 0 Å². The van der Waals surface area contributed by atoms with Crippen molar-refractivity contribution in [2.75, 3.05) is 7.05 Å². The van der Waals surface area contributed by atoms with Gasteiger partial charge < -0.3 is 9.64 Å². The highest BCUT2D eigenvalue weighted by Gasteiger charge is 2.26. The van der Waals surface area contributed by atoms with E-state index >= 15 is 0 Å². The second-order valence-electron chi connectivity index (χ2n) is 8.61. The van der Waals surface area contributed by atoms with Gasteiger partial charge in [0, 0.05) is 29.8 Å². The van der Waals surface area contributed by atoms with E-state index in [1.165, 1.54) is 0 Å². The normalized spacial score (nSPS) is 13.3. The number of hydrogen-bond donors (Lipinski definition) is 2. The Bertz CT molecular complexity index is 1240. The Hall–Kier alpha value is -3.61. The summed E-state index contributed by atoms with van der Waals surface area (Å²) in [7, 11) is 1.74. The van der Waals surface area contributed by atoms with Crippen molar-refractivity contribution in [2.24, 2.45) is 0 Å². The lowest BCUT2D eigenvalue weighted by molar-refractivity contribution is -0.908. The molecule has 7 nitrogen and oxygen atoms in total. The van der Waals surface area contributed by atoms with E-state index in [1.54, 1.807) is 24.3 Å². The van der Waals surface area contributed by atoms with Crippen molar-refractivity contribution < 1.29 is 19.5 Å². The van der Waals surface area contributed by atoms with Crippen LogP contribution in [0.15, 0.2) is 48.8 Å². The van der Waals surface area contributed by atoms with Gasteiger partial charge in [0.2, 0.25) is 11.9 Å². The molecule has 1 fully saturated rings. The molecule has 0 unspecified atom stereocenters. The average Bonchev–Trinajstić information content (AvgIpc) is 3.48. The number of carbonyl (C=O) groups excluding carboxylic acids is 1. The number of allylic oxidation sites excluding steroid dienone is 3. The summed E-state index contributed by atoms with van der Waals surface area (Å²) >= 11 is 0. The largest absolute Gasteiger partial charge is 0.490 e. The molecule has 0 atom stereocenters. The molecule has 1 amide bonds. The number of ether oxygens (including phenoxy) is 1. The first-order valence-corrected chi connectivity index (χ1v) is 11.7. The molecular weight excluding hydrogens is 428 g/mol. The quantitative estimate of drug-likeness (QED) is 0.286. The molecule has 2 aromatic heterocycles. The number of pyridine rings is 1. The number of H-pyrrole nitrogens is 1. The van der Waals surface area contributed by atoms with Gasteiger partial charge in [0.1, 0.15) is 5.75 Å². The summed E-state index contributed by atoms with van der Waals surface area (Å²) in [6.45, 7) is 14.1. The van der Waals surface area contributed by atoms with Gasteiger partial charge in [0.25, 0.3) is 5.91 Å². The Kier molecular flexibility index (Phi) is 7.76. The molecule has 1 aliphatic rings. The molecule has 1 aliphatic carbocycles. The number of fused-ring (bicyclic) bond motifs is 1. The van der Waals surface area contributed by atoms with Gasteiger partial charge in [0.05, 0.1) is 35.3 Å². The smallest absolute Gasteiger partial charge is 0.254 e. The van der Waals surface area contributed by atoms with E-state index in [2.05, 4.69) is 16.8 Å². The van der Waals surface area contributed by atoms with Crippen molar-refractivity contribution in [3.8, 4) is 5.75 Å². The fraction of sp³-hybridized carbons (Fsp3) is 0.370. The highest BCUT2D eigenvalue weighted by Crippen LogP contribution is 2.34. The van der Waals surface area contributed by atoms with Crippen molar-refractivity contribution in [1.82, 2.24) is 15.1 Å². The molecule has 1 aromatic carbocycles. The van der Waals surface area contributed by atoms with Crippen LogP contribution < -0.4 is 9.47 Å². The predicted octanol–water partition coefficient (Wildman–Crippen LogP) is 5.22. The molecule has 0 spiro atoms. The van der Waals surface area contributed by atoms with Crippen molar-refractivity contribution in [3.05, 3.63) is 71.2 Å². The number of nitrogens with one attached hydrogen (secondary N) is 1. The van der Waals surface area contributed by atoms with Crippen molar-refractivity contribution in [3.63, 3.8) is 0 Å². The summed E-state index contributed by atoms with van der Waals surface area (Å²) < 4.78 is 7.20. The Morgan fingerprint density at radius 1 is 1.35 bits per heavy atom.